The number of likely N-dealkylation sites (N-methyl/N-ethyl adjacent to an activating group) is 1. The molecule has 1 aliphatic heterocycles. The Morgan fingerprint density at radius 2 is 1.77 bits per heavy atom. The van der Waals surface area contributed by atoms with E-state index in [1.807, 2.05) is 16.8 Å². The molecule has 0 aliphatic carbocycles. The number of likely N-dealkylation sites (tertiary alicyclic amines) is 1. The van der Waals surface area contributed by atoms with Crippen LogP contribution in [0.15, 0.2) is 54.6 Å². The molecule has 0 spiro atoms. The first kappa shape index (κ1) is 21.5. The molecular formula is C25H30N4OS. The van der Waals surface area contributed by atoms with Gasteiger partial charge in [-0.2, -0.15) is 4.37 Å². The van der Waals surface area contributed by atoms with Gasteiger partial charge in [-0.3, -0.25) is 4.79 Å². The fraction of sp³-hybridized carbons (Fsp3) is 0.400. The Bertz CT molecular complexity index is 978. The van der Waals surface area contributed by atoms with Gasteiger partial charge in [0.15, 0.2) is 0 Å². The van der Waals surface area contributed by atoms with Gasteiger partial charge in [0.2, 0.25) is 11.0 Å². The van der Waals surface area contributed by atoms with Crippen molar-refractivity contribution < 1.29 is 4.79 Å². The minimum Gasteiger partial charge on any atom is -0.341 e. The molecule has 4 rings (SSSR count). The number of benzene rings is 2. The Kier molecular flexibility index (Phi) is 6.97. The lowest BCUT2D eigenvalue weighted by Gasteiger charge is -2.33. The third kappa shape index (κ3) is 5.91. The average molecular weight is 435 g/mol. The van der Waals surface area contributed by atoms with Gasteiger partial charge in [-0.15, -0.1) is 0 Å². The average Bonchev–Trinajstić information content (AvgIpc) is 3.25. The van der Waals surface area contributed by atoms with Crippen molar-refractivity contribution in [2.75, 3.05) is 31.6 Å². The standard InChI is InChI=1S/C25H30N4OS/c1-19-8-10-21(11-9-19)17-23-26-25(31-27-23)28(2)18-24(30)29-14-12-22(13-15-29)16-20-6-4-3-5-7-20/h3-11,22H,12-18H2,1-2H3. The highest BCUT2D eigenvalue weighted by Crippen LogP contribution is 2.23. The van der Waals surface area contributed by atoms with Crippen LogP contribution in [0.1, 0.15) is 35.4 Å². The number of nitrogens with zero attached hydrogens (tertiary/aromatic N) is 4. The molecule has 1 fully saturated rings. The Balaban J connectivity index is 1.25. The Morgan fingerprint density at radius 1 is 1.06 bits per heavy atom. The van der Waals surface area contributed by atoms with Gasteiger partial charge in [0.25, 0.3) is 0 Å². The lowest BCUT2D eigenvalue weighted by Crippen LogP contribution is -2.43. The first-order chi connectivity index (χ1) is 15.1. The summed E-state index contributed by atoms with van der Waals surface area (Å²) in [6.45, 7) is 4.13. The summed E-state index contributed by atoms with van der Waals surface area (Å²) < 4.78 is 4.49. The summed E-state index contributed by atoms with van der Waals surface area (Å²) >= 11 is 1.36. The predicted octanol–water partition coefficient (Wildman–Crippen LogP) is 4.35. The molecule has 0 saturated carbocycles. The third-order valence-electron chi connectivity index (χ3n) is 5.97. The first-order valence-corrected chi connectivity index (χ1v) is 11.7. The monoisotopic (exact) mass is 434 g/mol. The van der Waals surface area contributed by atoms with Crippen molar-refractivity contribution in [3.05, 3.63) is 77.1 Å². The molecule has 6 heteroatoms. The van der Waals surface area contributed by atoms with Crippen LogP contribution < -0.4 is 4.90 Å². The number of carbonyl (C=O) groups is 1. The molecule has 0 atom stereocenters. The second kappa shape index (κ2) is 10.1. The van der Waals surface area contributed by atoms with E-state index >= 15 is 0 Å². The van der Waals surface area contributed by atoms with Crippen LogP contribution in [0.3, 0.4) is 0 Å². The zero-order valence-electron chi connectivity index (χ0n) is 18.3. The quantitative estimate of drug-likeness (QED) is 0.555. The molecule has 1 amide bonds. The molecule has 3 aromatic rings. The molecular weight excluding hydrogens is 404 g/mol. The number of aromatic nitrogens is 2. The molecule has 162 valence electrons. The van der Waals surface area contributed by atoms with Gasteiger partial charge in [-0.25, -0.2) is 4.98 Å². The molecule has 0 radical (unpaired) electrons. The van der Waals surface area contributed by atoms with Crippen molar-refractivity contribution >= 4 is 22.6 Å². The predicted molar refractivity (Wildman–Crippen MR) is 127 cm³/mol. The molecule has 0 unspecified atom stereocenters. The second-order valence-corrected chi connectivity index (χ2v) is 9.26. The summed E-state index contributed by atoms with van der Waals surface area (Å²) in [5.74, 6) is 1.65. The molecule has 2 heterocycles. The second-order valence-electron chi connectivity index (χ2n) is 8.53. The van der Waals surface area contributed by atoms with E-state index in [1.54, 1.807) is 0 Å². The van der Waals surface area contributed by atoms with E-state index in [4.69, 9.17) is 0 Å². The van der Waals surface area contributed by atoms with Crippen LogP contribution >= 0.6 is 11.5 Å². The lowest BCUT2D eigenvalue weighted by molar-refractivity contribution is -0.131. The van der Waals surface area contributed by atoms with Crippen LogP contribution in [0.5, 0.6) is 0 Å². The number of rotatable bonds is 7. The molecule has 1 aliphatic rings. The van der Waals surface area contributed by atoms with E-state index in [2.05, 4.69) is 70.9 Å². The number of carbonyl (C=O) groups excluding carboxylic acids is 1. The van der Waals surface area contributed by atoms with Gasteiger partial charge in [0.05, 0.1) is 6.54 Å². The van der Waals surface area contributed by atoms with Gasteiger partial charge >= 0.3 is 0 Å². The van der Waals surface area contributed by atoms with Crippen LogP contribution in [0, 0.1) is 12.8 Å². The van der Waals surface area contributed by atoms with Crippen LogP contribution in [-0.4, -0.2) is 46.8 Å². The Labute approximate surface area is 188 Å². The maximum Gasteiger partial charge on any atom is 0.242 e. The molecule has 31 heavy (non-hydrogen) atoms. The third-order valence-corrected chi connectivity index (χ3v) is 6.84. The highest BCUT2D eigenvalue weighted by atomic mass is 32.1. The minimum atomic E-state index is 0.177. The van der Waals surface area contributed by atoms with Gasteiger partial charge in [0.1, 0.15) is 5.82 Å². The fourth-order valence-corrected chi connectivity index (χ4v) is 4.71. The largest absolute Gasteiger partial charge is 0.341 e. The van der Waals surface area contributed by atoms with Gasteiger partial charge < -0.3 is 9.80 Å². The van der Waals surface area contributed by atoms with Crippen molar-refractivity contribution in [3.63, 3.8) is 0 Å². The van der Waals surface area contributed by atoms with Crippen LogP contribution in [0.25, 0.3) is 0 Å². The topological polar surface area (TPSA) is 49.3 Å². The Morgan fingerprint density at radius 3 is 2.48 bits per heavy atom. The molecule has 1 saturated heterocycles. The van der Waals surface area contributed by atoms with Crippen LogP contribution in [0.2, 0.25) is 0 Å². The zero-order valence-corrected chi connectivity index (χ0v) is 19.1. The molecule has 0 bridgehead atoms. The van der Waals surface area contributed by atoms with Crippen molar-refractivity contribution in [3.8, 4) is 0 Å². The van der Waals surface area contributed by atoms with E-state index in [0.717, 1.165) is 43.3 Å². The van der Waals surface area contributed by atoms with Gasteiger partial charge in [0, 0.05) is 38.1 Å². The Hall–Kier alpha value is -2.73. The summed E-state index contributed by atoms with van der Waals surface area (Å²) in [6, 6.07) is 19.1. The first-order valence-electron chi connectivity index (χ1n) is 11.0. The maximum absolute atomic E-state index is 12.8. The van der Waals surface area contributed by atoms with E-state index in [0.29, 0.717) is 18.9 Å². The normalized spacial score (nSPS) is 14.6. The fourth-order valence-electron chi connectivity index (χ4n) is 4.06. The minimum absolute atomic E-state index is 0.177. The highest BCUT2D eigenvalue weighted by molar-refractivity contribution is 7.09. The van der Waals surface area contributed by atoms with E-state index in [9.17, 15) is 4.79 Å². The number of aryl methyl sites for hydroxylation is 1. The summed E-state index contributed by atoms with van der Waals surface area (Å²) in [5.41, 5.74) is 3.84. The number of anilines is 1. The summed E-state index contributed by atoms with van der Waals surface area (Å²) in [6.07, 6.45) is 3.97. The molecule has 5 nitrogen and oxygen atoms in total. The van der Waals surface area contributed by atoms with Crippen LogP contribution in [-0.2, 0) is 17.6 Å². The van der Waals surface area contributed by atoms with Gasteiger partial charge in [-0.1, -0.05) is 60.2 Å². The lowest BCUT2D eigenvalue weighted by atomic mass is 9.90. The van der Waals surface area contributed by atoms with Crippen LogP contribution in [0.4, 0.5) is 5.13 Å². The number of piperidine rings is 1. The van der Waals surface area contributed by atoms with E-state index < -0.39 is 0 Å². The number of hydrogen-bond acceptors (Lipinski definition) is 5. The summed E-state index contributed by atoms with van der Waals surface area (Å²) in [4.78, 5) is 21.4. The number of hydrogen-bond donors (Lipinski definition) is 0. The molecule has 0 N–H and O–H groups in total. The smallest absolute Gasteiger partial charge is 0.242 e. The van der Waals surface area contributed by atoms with Crippen molar-refractivity contribution in [2.24, 2.45) is 5.92 Å². The molecule has 2 aromatic carbocycles. The van der Waals surface area contributed by atoms with Crippen molar-refractivity contribution in [2.45, 2.75) is 32.6 Å². The SMILES string of the molecule is Cc1ccc(Cc2nsc(N(C)CC(=O)N3CCC(Cc4ccccc4)CC3)n2)cc1. The van der Waals surface area contributed by atoms with Gasteiger partial charge in [-0.05, 0) is 43.2 Å². The van der Waals surface area contributed by atoms with E-state index in [1.165, 1.54) is 28.2 Å². The highest BCUT2D eigenvalue weighted by Gasteiger charge is 2.24. The zero-order chi connectivity index (χ0) is 21.6. The van der Waals surface area contributed by atoms with E-state index in [-0.39, 0.29) is 5.91 Å². The summed E-state index contributed by atoms with van der Waals surface area (Å²) in [5, 5.41) is 0.800. The maximum atomic E-state index is 12.8. The molecule has 1 aromatic heterocycles. The van der Waals surface area contributed by atoms with Crippen molar-refractivity contribution in [1.29, 1.82) is 0 Å². The van der Waals surface area contributed by atoms with Crippen molar-refractivity contribution in [1.82, 2.24) is 14.3 Å². The summed E-state index contributed by atoms with van der Waals surface area (Å²) in [7, 11) is 1.93. The number of amides is 1.